The van der Waals surface area contributed by atoms with E-state index in [1.165, 1.54) is 25.3 Å². The van der Waals surface area contributed by atoms with Crippen molar-refractivity contribution in [2.75, 3.05) is 19.6 Å². The number of aromatic carboxylic acids is 2. The Hall–Kier alpha value is -2.75. The molecule has 0 amide bonds. The summed E-state index contributed by atoms with van der Waals surface area (Å²) in [4.78, 5) is 20.2. The lowest BCUT2D eigenvalue weighted by molar-refractivity contribution is 0.0696. The Bertz CT molecular complexity index is 912. The first-order chi connectivity index (χ1) is 13.5. The van der Waals surface area contributed by atoms with Gasteiger partial charge in [-0.1, -0.05) is 18.2 Å². The number of carboxylic acid groups (broad SMARTS) is 2. The Balaban J connectivity index is 0.000000296. The number of para-hydroxylation sites is 1. The molecule has 2 aromatic carbocycles. The molecule has 0 aliphatic heterocycles. The first kappa shape index (κ1) is 24.3. The van der Waals surface area contributed by atoms with E-state index in [1.807, 2.05) is 0 Å². The molecule has 8 nitrogen and oxygen atoms in total. The molecule has 0 aromatic heterocycles. The van der Waals surface area contributed by atoms with Gasteiger partial charge in [0, 0.05) is 0 Å². The minimum Gasteiger partial charge on any atom is -0.744 e. The highest BCUT2D eigenvalue weighted by molar-refractivity contribution is 7.85. The molecule has 0 bridgehead atoms. The molecule has 0 saturated heterocycles. The van der Waals surface area contributed by atoms with Crippen molar-refractivity contribution in [2.24, 2.45) is 0 Å². The normalized spacial score (nSPS) is 11.3. The highest BCUT2D eigenvalue weighted by Crippen LogP contribution is 2.21. The van der Waals surface area contributed by atoms with Crippen LogP contribution in [0.1, 0.15) is 41.5 Å². The molecular weight excluding hydrogens is 398 g/mol. The van der Waals surface area contributed by atoms with E-state index >= 15 is 0 Å². The van der Waals surface area contributed by atoms with Crippen LogP contribution in [0.5, 0.6) is 0 Å². The van der Waals surface area contributed by atoms with Gasteiger partial charge in [0.2, 0.25) is 0 Å². The fourth-order valence-corrected chi connectivity index (χ4v) is 3.50. The SMILES string of the molecule is CC[N+](CC)(CC)c1ccccc1.O=C(O)c1cc(C(=O)O)cc(S(=O)(=O)[O-])c1. The van der Waals surface area contributed by atoms with E-state index in [2.05, 4.69) is 51.1 Å². The van der Waals surface area contributed by atoms with Crippen molar-refractivity contribution in [3.63, 3.8) is 0 Å². The van der Waals surface area contributed by atoms with Crippen LogP contribution < -0.4 is 4.48 Å². The van der Waals surface area contributed by atoms with Gasteiger partial charge >= 0.3 is 11.9 Å². The van der Waals surface area contributed by atoms with E-state index in [-0.39, 0.29) is 0 Å². The maximum Gasteiger partial charge on any atom is 0.335 e. The number of hydrogen-bond donors (Lipinski definition) is 2. The molecule has 0 aliphatic carbocycles. The molecule has 0 atom stereocenters. The fourth-order valence-electron chi connectivity index (χ4n) is 2.95. The van der Waals surface area contributed by atoms with Crippen LogP contribution in [0.3, 0.4) is 0 Å². The number of benzene rings is 2. The Morgan fingerprint density at radius 1 is 0.862 bits per heavy atom. The second-order valence-electron chi connectivity index (χ2n) is 6.24. The molecule has 0 unspecified atom stereocenters. The Morgan fingerprint density at radius 2 is 1.28 bits per heavy atom. The minimum absolute atomic E-state index is 0.575. The van der Waals surface area contributed by atoms with Gasteiger partial charge in [0.25, 0.3) is 0 Å². The lowest BCUT2D eigenvalue weighted by atomic mass is 10.1. The van der Waals surface area contributed by atoms with Crippen molar-refractivity contribution in [2.45, 2.75) is 25.7 Å². The molecule has 0 heterocycles. The van der Waals surface area contributed by atoms with Crippen LogP contribution in [0.2, 0.25) is 0 Å². The van der Waals surface area contributed by atoms with Gasteiger partial charge in [-0.25, -0.2) is 18.0 Å². The van der Waals surface area contributed by atoms with Crippen molar-refractivity contribution in [3.05, 3.63) is 59.7 Å². The summed E-state index contributed by atoms with van der Waals surface area (Å²) >= 11 is 0. The van der Waals surface area contributed by atoms with Crippen molar-refractivity contribution in [3.8, 4) is 0 Å². The van der Waals surface area contributed by atoms with Gasteiger partial charge in [-0.15, -0.1) is 0 Å². The molecule has 29 heavy (non-hydrogen) atoms. The third-order valence-corrected chi connectivity index (χ3v) is 5.62. The Kier molecular flexibility index (Phi) is 8.50. The van der Waals surface area contributed by atoms with Crippen LogP contribution in [0.25, 0.3) is 0 Å². The predicted molar refractivity (Wildman–Crippen MR) is 108 cm³/mol. The van der Waals surface area contributed by atoms with E-state index in [9.17, 15) is 22.6 Å². The predicted octanol–water partition coefficient (Wildman–Crippen LogP) is 3.04. The summed E-state index contributed by atoms with van der Waals surface area (Å²) in [5.41, 5.74) is 0.290. The topological polar surface area (TPSA) is 132 Å². The summed E-state index contributed by atoms with van der Waals surface area (Å²) in [5.74, 6) is -3.04. The summed E-state index contributed by atoms with van der Waals surface area (Å²) in [6.45, 7) is 10.3. The molecule has 9 heteroatoms. The molecule has 0 spiro atoms. The number of quaternary nitrogens is 1. The van der Waals surface area contributed by atoms with Crippen LogP contribution >= 0.6 is 0 Å². The van der Waals surface area contributed by atoms with Gasteiger partial charge in [0.15, 0.2) is 0 Å². The molecule has 2 N–H and O–H groups in total. The van der Waals surface area contributed by atoms with Crippen molar-refractivity contribution in [1.29, 1.82) is 0 Å². The second-order valence-corrected chi connectivity index (χ2v) is 7.62. The zero-order valence-electron chi connectivity index (χ0n) is 16.5. The van der Waals surface area contributed by atoms with Crippen LogP contribution in [0.15, 0.2) is 53.4 Å². The Labute approximate surface area is 170 Å². The number of carbonyl (C=O) groups is 2. The number of rotatable bonds is 7. The van der Waals surface area contributed by atoms with E-state index in [1.54, 1.807) is 0 Å². The average Bonchev–Trinajstić information content (AvgIpc) is 2.70. The van der Waals surface area contributed by atoms with Crippen LogP contribution in [0, 0.1) is 0 Å². The first-order valence-corrected chi connectivity index (χ1v) is 10.4. The van der Waals surface area contributed by atoms with Crippen molar-refractivity contribution < 1.29 is 32.8 Å². The number of carboxylic acids is 2. The van der Waals surface area contributed by atoms with Crippen molar-refractivity contribution in [1.82, 2.24) is 4.48 Å². The van der Waals surface area contributed by atoms with Crippen LogP contribution in [0.4, 0.5) is 5.69 Å². The maximum absolute atomic E-state index is 10.6. The molecule has 2 aromatic rings. The number of hydrogen-bond acceptors (Lipinski definition) is 5. The Morgan fingerprint density at radius 3 is 1.59 bits per heavy atom. The fraction of sp³-hybridized carbons (Fsp3) is 0.300. The zero-order chi connectivity index (χ0) is 22.2. The molecule has 0 fully saturated rings. The van der Waals surface area contributed by atoms with Gasteiger partial charge < -0.3 is 14.8 Å². The average molecular weight is 423 g/mol. The molecule has 0 saturated carbocycles. The summed E-state index contributed by atoms with van der Waals surface area (Å²) in [7, 11) is -4.89. The van der Waals surface area contributed by atoms with E-state index in [0.717, 1.165) is 10.5 Å². The van der Waals surface area contributed by atoms with Crippen molar-refractivity contribution >= 4 is 27.7 Å². The molecule has 0 radical (unpaired) electrons. The third kappa shape index (κ3) is 6.38. The molecular formula is C20H25NO7S. The molecule has 0 aliphatic rings. The van der Waals surface area contributed by atoms with Gasteiger partial charge in [-0.3, -0.25) is 4.48 Å². The highest BCUT2D eigenvalue weighted by atomic mass is 32.2. The maximum atomic E-state index is 10.6. The van der Waals surface area contributed by atoms with E-state index < -0.39 is 38.1 Å². The zero-order valence-corrected chi connectivity index (χ0v) is 17.3. The van der Waals surface area contributed by atoms with E-state index in [4.69, 9.17) is 10.2 Å². The summed E-state index contributed by atoms with van der Waals surface area (Å²) in [6.07, 6.45) is 0. The summed E-state index contributed by atoms with van der Waals surface area (Å²) < 4.78 is 33.0. The first-order valence-electron chi connectivity index (χ1n) is 9.00. The highest BCUT2D eigenvalue weighted by Gasteiger charge is 2.23. The monoisotopic (exact) mass is 423 g/mol. The molecule has 2 rings (SSSR count). The lowest BCUT2D eigenvalue weighted by Gasteiger charge is -2.35. The summed E-state index contributed by atoms with van der Waals surface area (Å²) in [5, 5.41) is 17.2. The lowest BCUT2D eigenvalue weighted by Crippen LogP contribution is -2.48. The van der Waals surface area contributed by atoms with Crippen LogP contribution in [-0.4, -0.2) is 54.8 Å². The second kappa shape index (κ2) is 10.1. The van der Waals surface area contributed by atoms with Crippen LogP contribution in [-0.2, 0) is 10.1 Å². The van der Waals surface area contributed by atoms with E-state index in [0.29, 0.717) is 12.1 Å². The smallest absolute Gasteiger partial charge is 0.335 e. The van der Waals surface area contributed by atoms with Gasteiger partial charge in [0.1, 0.15) is 15.8 Å². The largest absolute Gasteiger partial charge is 0.744 e. The quantitative estimate of drug-likeness (QED) is 0.517. The number of nitrogens with zero attached hydrogens (tertiary/aromatic N) is 1. The van der Waals surface area contributed by atoms with Gasteiger partial charge in [0.05, 0.1) is 35.7 Å². The standard InChI is InChI=1S/C12H20N.C8H6O7S/c1-4-13(5-2,6-3)12-10-8-7-9-11-12;9-7(10)4-1-5(8(11)12)3-6(2-4)16(13,14)15/h7-11H,4-6H2,1-3H3;1-3H,(H,9,10)(H,11,12)(H,13,14,15)/q+1;/p-1. The third-order valence-electron chi connectivity index (χ3n) is 4.81. The minimum atomic E-state index is -4.89. The molecule has 158 valence electrons. The van der Waals surface area contributed by atoms with Gasteiger partial charge in [-0.05, 0) is 51.1 Å². The summed E-state index contributed by atoms with van der Waals surface area (Å²) in [6, 6.07) is 12.8. The van der Waals surface area contributed by atoms with Gasteiger partial charge in [-0.2, -0.15) is 0 Å².